The number of nitrogens with zero attached hydrogens (tertiary/aromatic N) is 1. The van der Waals surface area contributed by atoms with Crippen LogP contribution in [0.15, 0.2) is 24.4 Å². The van der Waals surface area contributed by atoms with Gasteiger partial charge in [-0.2, -0.15) is 0 Å². The van der Waals surface area contributed by atoms with Gasteiger partial charge in [0.05, 0.1) is 0 Å². The molecule has 1 rings (SSSR count). The van der Waals surface area contributed by atoms with Crippen LogP contribution in [0.1, 0.15) is 26.5 Å². The zero-order valence-electron chi connectivity index (χ0n) is 8.91. The van der Waals surface area contributed by atoms with E-state index in [1.165, 1.54) is 5.69 Å². The molecule has 1 atom stereocenters. The van der Waals surface area contributed by atoms with Gasteiger partial charge in [-0.15, -0.1) is 0 Å². The third-order valence-corrected chi connectivity index (χ3v) is 5.36. The molecule has 0 saturated carbocycles. The van der Waals surface area contributed by atoms with E-state index in [0.29, 0.717) is 5.16 Å². The molecule has 0 N–H and O–H groups in total. The summed E-state index contributed by atoms with van der Waals surface area (Å²) in [6, 6.07) is 6.15. The molecule has 0 unspecified atom stereocenters. The summed E-state index contributed by atoms with van der Waals surface area (Å²) in [5, 5.41) is 0.437. The number of aromatic nitrogens is 1. The second-order valence-corrected chi connectivity index (χ2v) is 7.40. The summed E-state index contributed by atoms with van der Waals surface area (Å²) in [4.78, 5) is 4.35. The second kappa shape index (κ2) is 4.19. The van der Waals surface area contributed by atoms with Crippen molar-refractivity contribution in [3.8, 4) is 0 Å². The fraction of sp³-hybridized carbons (Fsp3) is 0.545. The quantitative estimate of drug-likeness (QED) is 0.658. The minimum Gasteiger partial charge on any atom is -0.261 e. The van der Waals surface area contributed by atoms with E-state index in [0.717, 1.165) is 6.16 Å². The van der Waals surface area contributed by atoms with Crippen molar-refractivity contribution in [3.63, 3.8) is 0 Å². The third-order valence-electron chi connectivity index (χ3n) is 2.27. The van der Waals surface area contributed by atoms with Crippen LogP contribution in [0.4, 0.5) is 0 Å². The highest BCUT2D eigenvalue weighted by Gasteiger charge is 2.19. The maximum Gasteiger partial charge on any atom is 0.0446 e. The SMILES string of the molecule is C[P@](Cc1ccccn1)C(C)(C)C. The molecule has 1 aromatic heterocycles. The summed E-state index contributed by atoms with van der Waals surface area (Å²) < 4.78 is 0. The molecule has 0 aliphatic heterocycles. The molecular formula is C11H18NP. The van der Waals surface area contributed by atoms with E-state index in [4.69, 9.17) is 0 Å². The van der Waals surface area contributed by atoms with Crippen LogP contribution in [0.25, 0.3) is 0 Å². The zero-order valence-corrected chi connectivity index (χ0v) is 9.81. The van der Waals surface area contributed by atoms with Crippen LogP contribution in [0.2, 0.25) is 0 Å². The summed E-state index contributed by atoms with van der Waals surface area (Å²) in [5.41, 5.74) is 1.23. The fourth-order valence-electron chi connectivity index (χ4n) is 0.972. The van der Waals surface area contributed by atoms with Crippen LogP contribution in [0.3, 0.4) is 0 Å². The Kier molecular flexibility index (Phi) is 3.44. The minimum absolute atomic E-state index is 0.0396. The first-order valence-corrected chi connectivity index (χ1v) is 6.59. The van der Waals surface area contributed by atoms with E-state index in [2.05, 4.69) is 44.6 Å². The molecule has 1 aromatic rings. The molecule has 0 saturated heterocycles. The Labute approximate surface area is 82.3 Å². The highest BCUT2D eigenvalue weighted by molar-refractivity contribution is 7.57. The predicted octanol–water partition coefficient (Wildman–Crippen LogP) is 3.49. The van der Waals surface area contributed by atoms with Gasteiger partial charge in [-0.05, 0) is 24.0 Å². The summed E-state index contributed by atoms with van der Waals surface area (Å²) in [6.45, 7) is 9.27. The van der Waals surface area contributed by atoms with Gasteiger partial charge in [0.15, 0.2) is 0 Å². The van der Waals surface area contributed by atoms with Gasteiger partial charge in [0.1, 0.15) is 0 Å². The lowest BCUT2D eigenvalue weighted by molar-refractivity contribution is 0.781. The van der Waals surface area contributed by atoms with Gasteiger partial charge < -0.3 is 0 Å². The van der Waals surface area contributed by atoms with Gasteiger partial charge in [0, 0.05) is 18.1 Å². The summed E-state index contributed by atoms with van der Waals surface area (Å²) >= 11 is 0. The number of pyridine rings is 1. The first-order valence-electron chi connectivity index (χ1n) is 4.61. The molecular weight excluding hydrogens is 177 g/mol. The molecule has 0 aliphatic rings. The van der Waals surface area contributed by atoms with Gasteiger partial charge in [-0.3, -0.25) is 4.98 Å². The smallest absolute Gasteiger partial charge is 0.0446 e. The minimum atomic E-state index is 0.0396. The van der Waals surface area contributed by atoms with Crippen LogP contribution in [0.5, 0.6) is 0 Å². The molecule has 0 fully saturated rings. The molecule has 0 radical (unpaired) electrons. The molecule has 1 heterocycles. The Morgan fingerprint density at radius 1 is 1.31 bits per heavy atom. The zero-order chi connectivity index (χ0) is 9.90. The second-order valence-electron chi connectivity index (χ2n) is 4.35. The van der Waals surface area contributed by atoms with Crippen molar-refractivity contribution in [2.75, 3.05) is 6.66 Å². The van der Waals surface area contributed by atoms with Crippen LogP contribution < -0.4 is 0 Å². The molecule has 0 aromatic carbocycles. The number of hydrogen-bond donors (Lipinski definition) is 0. The molecule has 1 nitrogen and oxygen atoms in total. The van der Waals surface area contributed by atoms with E-state index in [1.54, 1.807) is 0 Å². The third kappa shape index (κ3) is 3.44. The van der Waals surface area contributed by atoms with Crippen molar-refractivity contribution in [2.45, 2.75) is 32.1 Å². The molecule has 0 bridgehead atoms. The summed E-state index contributed by atoms with van der Waals surface area (Å²) in [7, 11) is 0.0396. The number of hydrogen-bond acceptors (Lipinski definition) is 1. The molecule has 2 heteroatoms. The standard InChI is InChI=1S/C11H18NP/c1-11(2,3)13(4)9-10-7-5-6-8-12-10/h5-8H,9H2,1-4H3/t13-/m1/s1. The molecule has 0 aliphatic carbocycles. The van der Waals surface area contributed by atoms with Crippen molar-refractivity contribution in [3.05, 3.63) is 30.1 Å². The van der Waals surface area contributed by atoms with Crippen molar-refractivity contribution >= 4 is 7.92 Å². The maximum atomic E-state index is 4.35. The topological polar surface area (TPSA) is 12.9 Å². The lowest BCUT2D eigenvalue weighted by Crippen LogP contribution is -2.11. The van der Waals surface area contributed by atoms with E-state index >= 15 is 0 Å². The monoisotopic (exact) mass is 195 g/mol. The van der Waals surface area contributed by atoms with E-state index in [9.17, 15) is 0 Å². The highest BCUT2D eigenvalue weighted by Crippen LogP contribution is 2.48. The maximum absolute atomic E-state index is 4.35. The van der Waals surface area contributed by atoms with Crippen molar-refractivity contribution in [1.82, 2.24) is 4.98 Å². The molecule has 13 heavy (non-hydrogen) atoms. The summed E-state index contributed by atoms with van der Waals surface area (Å²) in [6.07, 6.45) is 3.01. The van der Waals surface area contributed by atoms with Crippen LogP contribution in [-0.2, 0) is 6.16 Å². The Morgan fingerprint density at radius 2 is 2.00 bits per heavy atom. The Morgan fingerprint density at radius 3 is 2.46 bits per heavy atom. The fourth-order valence-corrected chi connectivity index (χ4v) is 2.12. The summed E-state index contributed by atoms with van der Waals surface area (Å²) in [5.74, 6) is 0. The normalized spacial score (nSPS) is 14.2. The average molecular weight is 195 g/mol. The lowest BCUT2D eigenvalue weighted by Gasteiger charge is -2.27. The van der Waals surface area contributed by atoms with Crippen molar-refractivity contribution < 1.29 is 0 Å². The van der Waals surface area contributed by atoms with Crippen LogP contribution in [-0.4, -0.2) is 16.8 Å². The Bertz CT molecular complexity index is 251. The molecule has 0 spiro atoms. The molecule has 0 amide bonds. The number of rotatable bonds is 2. The Balaban J connectivity index is 2.61. The lowest BCUT2D eigenvalue weighted by atomic mass is 10.3. The van der Waals surface area contributed by atoms with Crippen LogP contribution >= 0.6 is 7.92 Å². The van der Waals surface area contributed by atoms with Gasteiger partial charge in [-0.25, -0.2) is 0 Å². The largest absolute Gasteiger partial charge is 0.261 e. The van der Waals surface area contributed by atoms with E-state index in [1.807, 2.05) is 12.3 Å². The van der Waals surface area contributed by atoms with E-state index < -0.39 is 0 Å². The van der Waals surface area contributed by atoms with Crippen LogP contribution in [0, 0.1) is 0 Å². The van der Waals surface area contributed by atoms with Crippen molar-refractivity contribution in [1.29, 1.82) is 0 Å². The first kappa shape index (κ1) is 10.7. The molecule has 72 valence electrons. The predicted molar refractivity (Wildman–Crippen MR) is 60.5 cm³/mol. The van der Waals surface area contributed by atoms with Gasteiger partial charge in [-0.1, -0.05) is 34.8 Å². The highest BCUT2D eigenvalue weighted by atomic mass is 31.1. The first-order chi connectivity index (χ1) is 6.00. The Hall–Kier alpha value is -0.420. The average Bonchev–Trinajstić information content (AvgIpc) is 2.04. The van der Waals surface area contributed by atoms with Gasteiger partial charge in [0.25, 0.3) is 0 Å². The van der Waals surface area contributed by atoms with Gasteiger partial charge in [0.2, 0.25) is 0 Å². The van der Waals surface area contributed by atoms with Gasteiger partial charge >= 0.3 is 0 Å². The van der Waals surface area contributed by atoms with Crippen molar-refractivity contribution in [2.24, 2.45) is 0 Å². The van der Waals surface area contributed by atoms with E-state index in [-0.39, 0.29) is 7.92 Å².